The maximum Gasteiger partial charge on any atom is 0.282 e. The third kappa shape index (κ3) is 5.17. The van der Waals surface area contributed by atoms with E-state index in [1.807, 2.05) is 13.8 Å². The van der Waals surface area contributed by atoms with E-state index < -0.39 is 10.2 Å². The van der Waals surface area contributed by atoms with Crippen LogP contribution in [-0.2, 0) is 14.9 Å². The Morgan fingerprint density at radius 2 is 1.70 bits per heavy atom. The minimum Gasteiger partial charge on any atom is -0.489 e. The van der Waals surface area contributed by atoms with Crippen LogP contribution >= 0.6 is 0 Å². The Kier molecular flexibility index (Phi) is 6.69. The number of nitrogens with zero attached hydrogens (tertiary/aromatic N) is 3. The predicted molar refractivity (Wildman–Crippen MR) is 100 cm³/mol. The molecular weight excluding hydrogens is 373 g/mol. The number of hydrogen-bond donors (Lipinski definition) is 0. The summed E-state index contributed by atoms with van der Waals surface area (Å²) >= 11 is 0. The first-order valence-electron chi connectivity index (χ1n) is 9.36. The normalized spacial score (nSPS) is 26.2. The highest BCUT2D eigenvalue weighted by molar-refractivity contribution is 7.86. The molecule has 152 valence electrons. The minimum atomic E-state index is -3.46. The SMILES string of the molecule is CC1CN(S(=O)(=O)N2CCN(CCOc3ccccc3F)CC2)CC(C)O1. The molecule has 2 fully saturated rings. The summed E-state index contributed by atoms with van der Waals surface area (Å²) in [6.45, 7) is 7.74. The second-order valence-electron chi connectivity index (χ2n) is 7.10. The van der Waals surface area contributed by atoms with Crippen molar-refractivity contribution in [2.75, 3.05) is 52.4 Å². The van der Waals surface area contributed by atoms with Crippen molar-refractivity contribution >= 4 is 10.2 Å². The molecule has 0 saturated carbocycles. The fraction of sp³-hybridized carbons (Fsp3) is 0.667. The molecule has 2 aliphatic heterocycles. The average molecular weight is 402 g/mol. The van der Waals surface area contributed by atoms with Gasteiger partial charge in [0, 0.05) is 45.8 Å². The van der Waals surface area contributed by atoms with Crippen molar-refractivity contribution in [2.24, 2.45) is 0 Å². The van der Waals surface area contributed by atoms with Crippen molar-refractivity contribution in [1.82, 2.24) is 13.5 Å². The first-order valence-corrected chi connectivity index (χ1v) is 10.8. The molecule has 2 heterocycles. The third-order valence-electron chi connectivity index (χ3n) is 4.87. The summed E-state index contributed by atoms with van der Waals surface area (Å²) in [5.74, 6) is -0.128. The zero-order valence-electron chi connectivity index (χ0n) is 15.9. The largest absolute Gasteiger partial charge is 0.489 e. The highest BCUT2D eigenvalue weighted by atomic mass is 32.2. The fourth-order valence-electron chi connectivity index (χ4n) is 3.51. The van der Waals surface area contributed by atoms with Crippen LogP contribution in [0.2, 0.25) is 0 Å². The maximum atomic E-state index is 13.5. The number of morpholine rings is 1. The van der Waals surface area contributed by atoms with Crippen LogP contribution in [0, 0.1) is 5.82 Å². The second kappa shape index (κ2) is 8.83. The molecule has 0 radical (unpaired) electrons. The molecule has 2 aliphatic rings. The van der Waals surface area contributed by atoms with E-state index in [-0.39, 0.29) is 23.8 Å². The molecule has 0 spiro atoms. The van der Waals surface area contributed by atoms with Gasteiger partial charge in [0.1, 0.15) is 6.61 Å². The van der Waals surface area contributed by atoms with E-state index in [0.29, 0.717) is 52.4 Å². The van der Waals surface area contributed by atoms with E-state index in [1.54, 1.807) is 22.5 Å². The molecule has 3 rings (SSSR count). The average Bonchev–Trinajstić information content (AvgIpc) is 2.63. The van der Waals surface area contributed by atoms with Crippen LogP contribution in [0.5, 0.6) is 5.75 Å². The van der Waals surface area contributed by atoms with Crippen LogP contribution in [0.1, 0.15) is 13.8 Å². The van der Waals surface area contributed by atoms with E-state index in [2.05, 4.69) is 4.90 Å². The van der Waals surface area contributed by atoms with Gasteiger partial charge < -0.3 is 9.47 Å². The van der Waals surface area contributed by atoms with Gasteiger partial charge in [0.25, 0.3) is 10.2 Å². The zero-order valence-corrected chi connectivity index (χ0v) is 16.7. The topological polar surface area (TPSA) is 62.3 Å². The molecule has 0 aliphatic carbocycles. The Morgan fingerprint density at radius 3 is 2.33 bits per heavy atom. The number of para-hydroxylation sites is 1. The predicted octanol–water partition coefficient (Wildman–Crippen LogP) is 1.18. The van der Waals surface area contributed by atoms with Gasteiger partial charge in [0.05, 0.1) is 12.2 Å². The molecule has 0 bridgehead atoms. The number of benzene rings is 1. The Morgan fingerprint density at radius 1 is 1.07 bits per heavy atom. The zero-order chi connectivity index (χ0) is 19.4. The standard InChI is InChI=1S/C18H28FN3O4S/c1-15-13-22(14-16(2)26-15)27(23,24)21-9-7-20(8-10-21)11-12-25-18-6-4-3-5-17(18)19/h3-6,15-16H,7-14H2,1-2H3. The van der Waals surface area contributed by atoms with E-state index in [9.17, 15) is 12.8 Å². The number of rotatable bonds is 6. The van der Waals surface area contributed by atoms with Gasteiger partial charge in [-0.1, -0.05) is 12.1 Å². The molecule has 2 saturated heterocycles. The fourth-order valence-corrected chi connectivity index (χ4v) is 5.26. The van der Waals surface area contributed by atoms with E-state index >= 15 is 0 Å². The highest BCUT2D eigenvalue weighted by Gasteiger charge is 2.36. The van der Waals surface area contributed by atoms with Gasteiger partial charge in [-0.15, -0.1) is 0 Å². The summed E-state index contributed by atoms with van der Waals surface area (Å²) in [6, 6.07) is 6.32. The summed E-state index contributed by atoms with van der Waals surface area (Å²) in [4.78, 5) is 2.14. The molecule has 27 heavy (non-hydrogen) atoms. The Labute approximate surface area is 160 Å². The monoisotopic (exact) mass is 401 g/mol. The van der Waals surface area contributed by atoms with Crippen LogP contribution in [-0.4, -0.2) is 86.6 Å². The van der Waals surface area contributed by atoms with Crippen LogP contribution in [0.4, 0.5) is 4.39 Å². The van der Waals surface area contributed by atoms with Gasteiger partial charge in [-0.25, -0.2) is 4.39 Å². The van der Waals surface area contributed by atoms with Crippen LogP contribution in [0.25, 0.3) is 0 Å². The molecular formula is C18H28FN3O4S. The molecule has 2 unspecified atom stereocenters. The lowest BCUT2D eigenvalue weighted by atomic mass is 10.3. The molecule has 1 aromatic carbocycles. The summed E-state index contributed by atoms with van der Waals surface area (Å²) in [7, 11) is -3.46. The van der Waals surface area contributed by atoms with E-state index in [4.69, 9.17) is 9.47 Å². The lowest BCUT2D eigenvalue weighted by molar-refractivity contribution is -0.0457. The third-order valence-corrected chi connectivity index (χ3v) is 6.84. The van der Waals surface area contributed by atoms with Gasteiger partial charge in [0.15, 0.2) is 11.6 Å². The summed E-state index contributed by atoms with van der Waals surface area (Å²) in [5, 5.41) is 0. The Balaban J connectivity index is 1.46. The summed E-state index contributed by atoms with van der Waals surface area (Å²) in [5.41, 5.74) is 0. The van der Waals surface area contributed by atoms with Crippen LogP contribution < -0.4 is 4.74 Å². The van der Waals surface area contributed by atoms with Gasteiger partial charge in [-0.05, 0) is 26.0 Å². The van der Waals surface area contributed by atoms with Gasteiger partial charge in [0.2, 0.25) is 0 Å². The molecule has 7 nitrogen and oxygen atoms in total. The van der Waals surface area contributed by atoms with Gasteiger partial charge >= 0.3 is 0 Å². The molecule has 0 aromatic heterocycles. The van der Waals surface area contributed by atoms with E-state index in [1.165, 1.54) is 10.4 Å². The van der Waals surface area contributed by atoms with Crippen molar-refractivity contribution in [2.45, 2.75) is 26.1 Å². The van der Waals surface area contributed by atoms with Crippen LogP contribution in [0.3, 0.4) is 0 Å². The van der Waals surface area contributed by atoms with Crippen molar-refractivity contribution < 1.29 is 22.3 Å². The number of ether oxygens (including phenoxy) is 2. The van der Waals surface area contributed by atoms with Gasteiger partial charge in [-0.2, -0.15) is 17.0 Å². The molecule has 2 atom stereocenters. The molecule has 0 amide bonds. The lowest BCUT2D eigenvalue weighted by Gasteiger charge is -2.40. The number of piperazine rings is 1. The van der Waals surface area contributed by atoms with Crippen LogP contribution in [0.15, 0.2) is 24.3 Å². The summed E-state index contributed by atoms with van der Waals surface area (Å²) < 4.78 is 53.5. The molecule has 0 N–H and O–H groups in total. The molecule has 9 heteroatoms. The second-order valence-corrected chi connectivity index (χ2v) is 9.03. The van der Waals surface area contributed by atoms with Gasteiger partial charge in [-0.3, -0.25) is 4.90 Å². The molecule has 1 aromatic rings. The minimum absolute atomic E-state index is 0.0969. The van der Waals surface area contributed by atoms with Crippen molar-refractivity contribution in [3.05, 3.63) is 30.1 Å². The Bertz CT molecular complexity index is 715. The quantitative estimate of drug-likeness (QED) is 0.716. The lowest BCUT2D eigenvalue weighted by Crippen LogP contribution is -2.57. The smallest absolute Gasteiger partial charge is 0.282 e. The maximum absolute atomic E-state index is 13.5. The first kappa shape index (κ1) is 20.5. The van der Waals surface area contributed by atoms with Crippen molar-refractivity contribution in [3.63, 3.8) is 0 Å². The number of hydrogen-bond acceptors (Lipinski definition) is 5. The van der Waals surface area contributed by atoms with E-state index in [0.717, 1.165) is 0 Å². The highest BCUT2D eigenvalue weighted by Crippen LogP contribution is 2.19. The van der Waals surface area contributed by atoms with Crippen molar-refractivity contribution in [3.8, 4) is 5.75 Å². The number of halogens is 1. The Hall–Kier alpha value is -1.26. The first-order chi connectivity index (χ1) is 12.9. The summed E-state index contributed by atoms with van der Waals surface area (Å²) in [6.07, 6.45) is -0.194. The van der Waals surface area contributed by atoms with Crippen molar-refractivity contribution in [1.29, 1.82) is 0 Å².